The minimum Gasteiger partial charge on any atom is -0.394 e. The molecule has 2 aliphatic heterocycles. The van der Waals surface area contributed by atoms with Crippen molar-refractivity contribution in [3.8, 4) is 0 Å². The average Bonchev–Trinajstić information content (AvgIpc) is 3.16. The summed E-state index contributed by atoms with van der Waals surface area (Å²) in [5.74, 6) is -1.14. The first-order valence-electron chi connectivity index (χ1n) is 16.8. The van der Waals surface area contributed by atoms with Gasteiger partial charge in [-0.25, -0.2) is 0 Å². The Bertz CT molecular complexity index is 1190. The maximum atomic E-state index is 12.4. The van der Waals surface area contributed by atoms with E-state index in [0.29, 0.717) is 0 Å². The van der Waals surface area contributed by atoms with E-state index in [1.807, 2.05) is 0 Å². The van der Waals surface area contributed by atoms with Crippen molar-refractivity contribution >= 4 is 38.9 Å². The van der Waals surface area contributed by atoms with Crippen LogP contribution in [0.5, 0.6) is 0 Å². The molecule has 15 unspecified atom stereocenters. The van der Waals surface area contributed by atoms with Gasteiger partial charge in [0.25, 0.3) is 0 Å². The second-order valence-electron chi connectivity index (χ2n) is 11.7. The van der Waals surface area contributed by atoms with Gasteiger partial charge in [-0.3, -0.25) is 4.79 Å². The van der Waals surface area contributed by atoms with Gasteiger partial charge < -0.3 is 54.9 Å². The van der Waals surface area contributed by atoms with Crippen LogP contribution in [-0.4, -0.2) is 171 Å². The Labute approximate surface area is 320 Å². The Balaban J connectivity index is 1.78. The largest absolute Gasteiger partial charge is 0.697 e. The van der Waals surface area contributed by atoms with Crippen LogP contribution in [0.2, 0.25) is 0 Å². The van der Waals surface area contributed by atoms with Crippen molar-refractivity contribution in [2.45, 2.75) is 88.0 Å². The lowest BCUT2D eigenvalue weighted by atomic mass is 9.92. The van der Waals surface area contributed by atoms with Crippen molar-refractivity contribution < 1.29 is 109 Å². The first-order chi connectivity index (χ1) is 26.2. The first-order valence-corrected chi connectivity index (χ1v) is 21.2. The number of rotatable bonds is 29. The monoisotopic (exact) mass is 881 g/mol. The molecule has 28 heteroatoms. The van der Waals surface area contributed by atoms with Crippen LogP contribution in [0.3, 0.4) is 0 Å². The highest BCUT2D eigenvalue weighted by Gasteiger charge is 2.46. The molecule has 0 aromatic carbocycles. The SMILES string of the molecule is CO[P+](=O)OCCO[P+](=O)OC(CO[P+](=O)OCCCOC1OC(CO)C(O)C(O)C1C)CO[P+](=O)OCCCOC1OC(CO)C(O)C(O)C1NC(C)=O. The summed E-state index contributed by atoms with van der Waals surface area (Å²) in [7, 11) is -9.68. The second-order valence-corrected chi connectivity index (χ2v) is 15.6. The molecule has 2 fully saturated rings. The molecule has 55 heavy (non-hydrogen) atoms. The summed E-state index contributed by atoms with van der Waals surface area (Å²) >= 11 is 0. The fourth-order valence-electron chi connectivity index (χ4n) is 4.72. The van der Waals surface area contributed by atoms with Crippen LogP contribution in [0.15, 0.2) is 0 Å². The predicted molar refractivity (Wildman–Crippen MR) is 181 cm³/mol. The summed E-state index contributed by atoms with van der Waals surface area (Å²) in [6.45, 7) is -0.462. The topological polar surface area (TPSA) is 330 Å². The standard InChI is InChI=1S/C27H50NO23P4/c1-16-22(32)23(33)19(12-29)49-26(16)41-6-4-8-43-53(37)47-14-18(51-55(39)46-11-10-45-52(36)40-3)15-48-54(38)44-9-5-7-42-27-21(28-17(2)31)25(35)24(34)20(13-30)50-27/h16,18-27,29-30,32-35H,4-15H2,1-3H3/q+3/p+1. The van der Waals surface area contributed by atoms with Crippen LogP contribution in [0, 0.1) is 5.92 Å². The van der Waals surface area contributed by atoms with E-state index >= 15 is 0 Å². The van der Waals surface area contributed by atoms with Crippen molar-refractivity contribution in [1.29, 1.82) is 0 Å². The van der Waals surface area contributed by atoms with Gasteiger partial charge in [0.2, 0.25) is 5.91 Å². The molecule has 2 aliphatic rings. The van der Waals surface area contributed by atoms with Gasteiger partial charge in [-0.2, -0.15) is 0 Å². The zero-order chi connectivity index (χ0) is 40.9. The normalized spacial score (nSPS) is 30.1. The van der Waals surface area contributed by atoms with Crippen LogP contribution < -0.4 is 5.32 Å². The number of amides is 1. The van der Waals surface area contributed by atoms with Gasteiger partial charge >= 0.3 is 33.0 Å². The van der Waals surface area contributed by atoms with E-state index in [1.54, 1.807) is 6.92 Å². The van der Waals surface area contributed by atoms with E-state index in [4.69, 9.17) is 50.6 Å². The van der Waals surface area contributed by atoms with Crippen molar-refractivity contribution in [2.75, 3.05) is 73.2 Å². The lowest BCUT2D eigenvalue weighted by Gasteiger charge is -2.42. The molecule has 2 saturated heterocycles. The lowest BCUT2D eigenvalue weighted by molar-refractivity contribution is -0.282. The molecule has 1 amide bonds. The van der Waals surface area contributed by atoms with Crippen LogP contribution in [-0.2, 0) is 78.2 Å². The number of hydrogen-bond donors (Lipinski definition) is 7. The molecule has 7 N–H and O–H groups in total. The summed E-state index contributed by atoms with van der Waals surface area (Å²) < 4.78 is 110. The maximum Gasteiger partial charge on any atom is 0.697 e. The Morgan fingerprint density at radius 2 is 1.13 bits per heavy atom. The summed E-state index contributed by atoms with van der Waals surface area (Å²) in [4.78, 5) is 11.6. The average molecular weight is 882 g/mol. The van der Waals surface area contributed by atoms with Gasteiger partial charge in [0.1, 0.15) is 76.2 Å². The third-order valence-corrected chi connectivity index (χ3v) is 10.6. The number of carbonyl (C=O) groups is 1. The zero-order valence-corrected chi connectivity index (χ0v) is 33.8. The highest BCUT2D eigenvalue weighted by Crippen LogP contribution is 2.33. The van der Waals surface area contributed by atoms with E-state index in [9.17, 15) is 53.7 Å². The summed E-state index contributed by atoms with van der Waals surface area (Å²) in [6, 6.07) is -1.15. The molecular weight excluding hydrogens is 830 g/mol. The molecule has 0 saturated carbocycles. The number of aliphatic hydroxyl groups is 6. The number of nitrogens with one attached hydrogen (secondary N) is 1. The Morgan fingerprint density at radius 3 is 1.64 bits per heavy atom. The second kappa shape index (κ2) is 27.8. The van der Waals surface area contributed by atoms with Crippen molar-refractivity contribution in [3.63, 3.8) is 0 Å². The number of carbonyl (C=O) groups excluding carboxylic acids is 1. The minimum absolute atomic E-state index is 0.0292. The smallest absolute Gasteiger partial charge is 0.394 e. The van der Waals surface area contributed by atoms with E-state index in [1.165, 1.54) is 6.92 Å². The Morgan fingerprint density at radius 1 is 0.655 bits per heavy atom. The number of ether oxygens (including phenoxy) is 4. The van der Waals surface area contributed by atoms with Crippen molar-refractivity contribution in [1.82, 2.24) is 5.32 Å². The summed E-state index contributed by atoms with van der Waals surface area (Å²) in [6.07, 6.45) is -10.8. The third kappa shape index (κ3) is 18.7. The van der Waals surface area contributed by atoms with Gasteiger partial charge in [-0.1, -0.05) is 6.92 Å². The highest BCUT2D eigenvalue weighted by atomic mass is 31.1. The summed E-state index contributed by atoms with van der Waals surface area (Å²) in [5, 5.41) is 61.7. The van der Waals surface area contributed by atoms with E-state index in [2.05, 4.69) is 9.84 Å². The van der Waals surface area contributed by atoms with Crippen LogP contribution in [0.1, 0.15) is 26.7 Å². The quantitative estimate of drug-likeness (QED) is 0.0370. The molecule has 2 rings (SSSR count). The Hall–Kier alpha value is -0.850. The number of hydrogen-bond acceptors (Lipinski definition) is 23. The first kappa shape index (κ1) is 50.3. The van der Waals surface area contributed by atoms with Crippen LogP contribution in [0.25, 0.3) is 0 Å². The van der Waals surface area contributed by atoms with Gasteiger partial charge in [0.15, 0.2) is 18.7 Å². The molecule has 0 aromatic rings. The van der Waals surface area contributed by atoms with Gasteiger partial charge in [0, 0.05) is 31.1 Å². The lowest BCUT2D eigenvalue weighted by Crippen LogP contribution is -2.64. The van der Waals surface area contributed by atoms with E-state index < -0.39 is 133 Å². The van der Waals surface area contributed by atoms with Crippen molar-refractivity contribution in [3.05, 3.63) is 0 Å². The molecule has 15 atom stereocenters. The van der Waals surface area contributed by atoms with Gasteiger partial charge in [0.05, 0.1) is 39.6 Å². The minimum atomic E-state index is -2.87. The van der Waals surface area contributed by atoms with E-state index in [-0.39, 0.29) is 52.5 Å². The maximum absolute atomic E-state index is 12.4. The zero-order valence-electron chi connectivity index (χ0n) is 30.2. The molecule has 0 spiro atoms. The van der Waals surface area contributed by atoms with Gasteiger partial charge in [-0.05, 0) is 12.8 Å². The van der Waals surface area contributed by atoms with Crippen molar-refractivity contribution in [2.24, 2.45) is 5.92 Å². The highest BCUT2D eigenvalue weighted by molar-refractivity contribution is 7.34. The molecule has 0 aliphatic carbocycles. The molecular formula is C27H51NO23P4+4. The molecule has 2 heterocycles. The Kier molecular flexibility index (Phi) is 25.4. The van der Waals surface area contributed by atoms with Gasteiger partial charge in [-0.15, -0.1) is 36.2 Å². The molecule has 24 nitrogen and oxygen atoms in total. The summed E-state index contributed by atoms with van der Waals surface area (Å²) in [5.41, 5.74) is 0. The number of aliphatic hydroxyl groups excluding tert-OH is 6. The molecule has 0 aromatic heterocycles. The fourth-order valence-corrected chi connectivity index (χ4v) is 6.98. The van der Waals surface area contributed by atoms with E-state index in [0.717, 1.165) is 7.11 Å². The fraction of sp³-hybridized carbons (Fsp3) is 0.963. The molecule has 0 radical (unpaired) electrons. The predicted octanol–water partition coefficient (Wildman–Crippen LogP) is -0.421. The van der Waals surface area contributed by atoms with Crippen LogP contribution >= 0.6 is 33.0 Å². The third-order valence-electron chi connectivity index (χ3n) is 7.57. The molecule has 318 valence electrons. The van der Waals surface area contributed by atoms with Crippen LogP contribution in [0.4, 0.5) is 0 Å². The molecule has 0 bridgehead atoms.